The lowest BCUT2D eigenvalue weighted by Gasteiger charge is -2.32. The fourth-order valence-corrected chi connectivity index (χ4v) is 4.44. The zero-order chi connectivity index (χ0) is 24.2. The lowest BCUT2D eigenvalue weighted by Crippen LogP contribution is -2.44. The van der Waals surface area contributed by atoms with E-state index in [0.717, 1.165) is 24.3 Å². The number of benzene rings is 2. The van der Waals surface area contributed by atoms with Crippen molar-refractivity contribution in [1.82, 2.24) is 19.2 Å². The predicted octanol–water partition coefficient (Wildman–Crippen LogP) is 4.16. The second kappa shape index (κ2) is 9.89. The van der Waals surface area contributed by atoms with Crippen molar-refractivity contribution in [2.24, 2.45) is 5.92 Å². The van der Waals surface area contributed by atoms with E-state index in [9.17, 15) is 9.59 Å². The van der Waals surface area contributed by atoms with Crippen molar-refractivity contribution in [3.05, 3.63) is 90.9 Å². The number of rotatable bonds is 6. The first kappa shape index (κ1) is 22.5. The summed E-state index contributed by atoms with van der Waals surface area (Å²) in [5.41, 5.74) is 2.07. The molecular weight excluding hydrogens is 442 g/mol. The van der Waals surface area contributed by atoms with Crippen LogP contribution >= 0.6 is 0 Å². The van der Waals surface area contributed by atoms with Gasteiger partial charge in [-0.1, -0.05) is 18.2 Å². The molecule has 0 spiro atoms. The third-order valence-electron chi connectivity index (χ3n) is 6.26. The molecule has 0 aliphatic carbocycles. The zero-order valence-electron chi connectivity index (χ0n) is 19.5. The van der Waals surface area contributed by atoms with E-state index in [2.05, 4.69) is 10.4 Å². The molecule has 0 saturated carbocycles. The third kappa shape index (κ3) is 4.68. The van der Waals surface area contributed by atoms with Crippen LogP contribution in [0, 0.1) is 5.92 Å². The van der Waals surface area contributed by atoms with Crippen LogP contribution in [0.1, 0.15) is 23.2 Å². The van der Waals surface area contributed by atoms with Crippen molar-refractivity contribution in [2.45, 2.75) is 12.8 Å². The Kier molecular flexibility index (Phi) is 6.34. The molecule has 4 aromatic rings. The summed E-state index contributed by atoms with van der Waals surface area (Å²) in [5.74, 6) is 0.910. The second-order valence-corrected chi connectivity index (χ2v) is 8.53. The van der Waals surface area contributed by atoms with Crippen molar-refractivity contribution in [2.75, 3.05) is 25.5 Å². The van der Waals surface area contributed by atoms with Gasteiger partial charge in [-0.05, 0) is 61.4 Å². The minimum absolute atomic E-state index is 0.0849. The Morgan fingerprint density at radius 3 is 2.46 bits per heavy atom. The number of nitrogens with one attached hydrogen (secondary N) is 1. The molecule has 35 heavy (non-hydrogen) atoms. The van der Waals surface area contributed by atoms with Crippen LogP contribution in [-0.4, -0.2) is 51.3 Å². The van der Waals surface area contributed by atoms with Gasteiger partial charge in [0.25, 0.3) is 5.91 Å². The first-order chi connectivity index (χ1) is 17.1. The molecule has 3 heterocycles. The van der Waals surface area contributed by atoms with Gasteiger partial charge in [0, 0.05) is 31.2 Å². The minimum Gasteiger partial charge on any atom is -0.497 e. The largest absolute Gasteiger partial charge is 0.497 e. The Morgan fingerprint density at radius 2 is 1.74 bits per heavy atom. The molecule has 1 aliphatic heterocycles. The van der Waals surface area contributed by atoms with Gasteiger partial charge in [-0.2, -0.15) is 5.10 Å². The van der Waals surface area contributed by atoms with Gasteiger partial charge in [-0.25, -0.2) is 4.68 Å². The second-order valence-electron chi connectivity index (χ2n) is 8.53. The molecule has 0 radical (unpaired) electrons. The van der Waals surface area contributed by atoms with Crippen LogP contribution in [0.25, 0.3) is 11.5 Å². The molecule has 2 aromatic heterocycles. The van der Waals surface area contributed by atoms with Crippen LogP contribution in [0.4, 0.5) is 5.69 Å². The zero-order valence-corrected chi connectivity index (χ0v) is 19.5. The van der Waals surface area contributed by atoms with Crippen molar-refractivity contribution < 1.29 is 14.3 Å². The van der Waals surface area contributed by atoms with E-state index in [1.54, 1.807) is 35.0 Å². The summed E-state index contributed by atoms with van der Waals surface area (Å²) >= 11 is 0. The SMILES string of the molecule is COc1ccc(NC(=O)[C@H]2CCCN(C(=O)c3cnn(-c4ccccc4)c3-n3cccc3)C2)cc1. The fourth-order valence-electron chi connectivity index (χ4n) is 4.44. The Bertz CT molecular complexity index is 1300. The number of carbonyl (C=O) groups is 2. The molecule has 8 nitrogen and oxygen atoms in total. The average Bonchev–Trinajstić information content (AvgIpc) is 3.59. The van der Waals surface area contributed by atoms with Crippen LogP contribution in [-0.2, 0) is 4.79 Å². The molecule has 2 amide bonds. The summed E-state index contributed by atoms with van der Waals surface area (Å²) in [6, 6.07) is 20.8. The van der Waals surface area contributed by atoms with E-state index in [1.807, 2.05) is 71.6 Å². The van der Waals surface area contributed by atoms with E-state index in [0.29, 0.717) is 30.2 Å². The quantitative estimate of drug-likeness (QED) is 0.460. The van der Waals surface area contributed by atoms with Crippen molar-refractivity contribution >= 4 is 17.5 Å². The van der Waals surface area contributed by atoms with Crippen molar-refractivity contribution in [3.63, 3.8) is 0 Å². The summed E-state index contributed by atoms with van der Waals surface area (Å²) in [4.78, 5) is 28.4. The number of nitrogens with zero attached hydrogens (tertiary/aromatic N) is 4. The predicted molar refractivity (Wildman–Crippen MR) is 133 cm³/mol. The molecule has 8 heteroatoms. The van der Waals surface area contributed by atoms with Gasteiger partial charge in [-0.3, -0.25) is 9.59 Å². The van der Waals surface area contributed by atoms with E-state index >= 15 is 0 Å². The number of likely N-dealkylation sites (tertiary alicyclic amines) is 1. The highest BCUT2D eigenvalue weighted by atomic mass is 16.5. The van der Waals surface area contributed by atoms with Crippen LogP contribution < -0.4 is 10.1 Å². The van der Waals surface area contributed by atoms with Gasteiger partial charge in [0.05, 0.1) is 24.9 Å². The molecule has 5 rings (SSSR count). The molecular formula is C27H27N5O3. The Morgan fingerprint density at radius 1 is 1.00 bits per heavy atom. The number of methoxy groups -OCH3 is 1. The Hall–Kier alpha value is -4.33. The fraction of sp³-hybridized carbons (Fsp3) is 0.222. The number of aromatic nitrogens is 3. The van der Waals surface area contributed by atoms with Crippen LogP contribution in [0.15, 0.2) is 85.3 Å². The number of amides is 2. The number of hydrogen-bond acceptors (Lipinski definition) is 4. The standard InChI is InChI=1S/C27H27N5O3/c1-35-23-13-11-21(12-14-23)29-25(33)20-8-7-17-31(19-20)27(34)24-18-28-32(22-9-3-2-4-10-22)26(24)30-15-5-6-16-30/h2-6,9-16,18,20H,7-8,17,19H2,1H3,(H,29,33)/t20-/m0/s1. The normalized spacial score (nSPS) is 15.6. The number of anilines is 1. The van der Waals surface area contributed by atoms with Crippen molar-refractivity contribution in [3.8, 4) is 17.3 Å². The highest BCUT2D eigenvalue weighted by molar-refractivity contribution is 5.98. The van der Waals surface area contributed by atoms with E-state index in [1.165, 1.54) is 0 Å². The summed E-state index contributed by atoms with van der Waals surface area (Å²) in [7, 11) is 1.60. The van der Waals surface area contributed by atoms with Gasteiger partial charge in [0.1, 0.15) is 11.3 Å². The number of ether oxygens (including phenoxy) is 1. The maximum atomic E-state index is 13.7. The average molecular weight is 470 g/mol. The smallest absolute Gasteiger partial charge is 0.259 e. The molecule has 1 atom stereocenters. The van der Waals surface area contributed by atoms with Crippen LogP contribution in [0.5, 0.6) is 5.75 Å². The summed E-state index contributed by atoms with van der Waals surface area (Å²) in [6.07, 6.45) is 6.91. The molecule has 2 aromatic carbocycles. The Labute approximate surface area is 203 Å². The van der Waals surface area contributed by atoms with E-state index in [4.69, 9.17) is 4.74 Å². The van der Waals surface area contributed by atoms with Gasteiger partial charge >= 0.3 is 0 Å². The number of carbonyl (C=O) groups excluding carboxylic acids is 2. The molecule has 1 aliphatic rings. The molecule has 178 valence electrons. The van der Waals surface area contributed by atoms with E-state index < -0.39 is 0 Å². The number of piperidine rings is 1. The van der Waals surface area contributed by atoms with Crippen LogP contribution in [0.3, 0.4) is 0 Å². The van der Waals surface area contributed by atoms with Gasteiger partial charge in [0.2, 0.25) is 5.91 Å². The van der Waals surface area contributed by atoms with E-state index in [-0.39, 0.29) is 17.7 Å². The minimum atomic E-state index is -0.283. The highest BCUT2D eigenvalue weighted by Gasteiger charge is 2.31. The lowest BCUT2D eigenvalue weighted by atomic mass is 9.96. The first-order valence-electron chi connectivity index (χ1n) is 11.6. The lowest BCUT2D eigenvalue weighted by molar-refractivity contribution is -0.121. The number of hydrogen-bond donors (Lipinski definition) is 1. The summed E-state index contributed by atoms with van der Waals surface area (Å²) in [6.45, 7) is 0.968. The monoisotopic (exact) mass is 469 g/mol. The van der Waals surface area contributed by atoms with Gasteiger partial charge in [-0.15, -0.1) is 0 Å². The first-order valence-corrected chi connectivity index (χ1v) is 11.6. The van der Waals surface area contributed by atoms with Crippen LogP contribution in [0.2, 0.25) is 0 Å². The molecule has 1 saturated heterocycles. The maximum absolute atomic E-state index is 13.7. The molecule has 0 bridgehead atoms. The molecule has 1 fully saturated rings. The summed E-state index contributed by atoms with van der Waals surface area (Å²) in [5, 5.41) is 7.51. The molecule has 0 unspecified atom stereocenters. The number of para-hydroxylation sites is 1. The highest BCUT2D eigenvalue weighted by Crippen LogP contribution is 2.25. The molecule has 1 N–H and O–H groups in total. The van der Waals surface area contributed by atoms with Gasteiger partial charge < -0.3 is 19.5 Å². The Balaban J connectivity index is 1.36. The van der Waals surface area contributed by atoms with Gasteiger partial charge in [0.15, 0.2) is 5.82 Å². The summed E-state index contributed by atoms with van der Waals surface area (Å²) < 4.78 is 8.84. The third-order valence-corrected chi connectivity index (χ3v) is 6.26. The maximum Gasteiger partial charge on any atom is 0.259 e. The van der Waals surface area contributed by atoms with Crippen molar-refractivity contribution in [1.29, 1.82) is 0 Å². The topological polar surface area (TPSA) is 81.4 Å².